The predicted octanol–water partition coefficient (Wildman–Crippen LogP) is 3.33. The van der Waals surface area contributed by atoms with Gasteiger partial charge in [0.25, 0.3) is 0 Å². The van der Waals surface area contributed by atoms with Crippen molar-refractivity contribution in [2.24, 2.45) is 0 Å². The molecule has 0 bridgehead atoms. The van der Waals surface area contributed by atoms with Gasteiger partial charge in [0.2, 0.25) is 0 Å². The summed E-state index contributed by atoms with van der Waals surface area (Å²) in [5.74, 6) is -2.79. The molecule has 0 saturated heterocycles. The standard InChI is InChI=1S/C13H13F2NOS/c1-8-6-18-7-10(8)5-16-4-9-2-11(14)13(17)12(15)3-9/h2-3,6-7,16-17H,4-5H2,1H3. The van der Waals surface area contributed by atoms with Crippen molar-refractivity contribution in [2.45, 2.75) is 20.0 Å². The monoisotopic (exact) mass is 269 g/mol. The molecule has 0 unspecified atom stereocenters. The normalized spacial score (nSPS) is 10.8. The van der Waals surface area contributed by atoms with Crippen LogP contribution in [0.4, 0.5) is 8.78 Å². The molecule has 0 fully saturated rings. The zero-order chi connectivity index (χ0) is 13.1. The first-order valence-electron chi connectivity index (χ1n) is 5.47. The Morgan fingerprint density at radius 3 is 2.39 bits per heavy atom. The molecule has 1 aromatic heterocycles. The van der Waals surface area contributed by atoms with E-state index in [1.54, 1.807) is 11.3 Å². The minimum atomic E-state index is -0.932. The Hall–Kier alpha value is -1.46. The molecule has 2 rings (SSSR count). The number of phenols is 1. The third-order valence-electron chi connectivity index (χ3n) is 2.68. The number of hydrogen-bond donors (Lipinski definition) is 2. The number of thiophene rings is 1. The second kappa shape index (κ2) is 5.46. The van der Waals surface area contributed by atoms with Gasteiger partial charge in [-0.05, 0) is 46.5 Å². The number of hydrogen-bond acceptors (Lipinski definition) is 3. The number of phenolic OH excluding ortho intramolecular Hbond substituents is 1. The lowest BCUT2D eigenvalue weighted by molar-refractivity contribution is 0.395. The number of aryl methyl sites for hydroxylation is 1. The van der Waals surface area contributed by atoms with Crippen LogP contribution in [-0.4, -0.2) is 5.11 Å². The molecule has 2 N–H and O–H groups in total. The zero-order valence-electron chi connectivity index (χ0n) is 9.84. The van der Waals surface area contributed by atoms with Gasteiger partial charge in [-0.3, -0.25) is 0 Å². The van der Waals surface area contributed by atoms with E-state index in [1.165, 1.54) is 11.1 Å². The maximum absolute atomic E-state index is 13.1. The quantitative estimate of drug-likeness (QED) is 0.892. The van der Waals surface area contributed by atoms with Gasteiger partial charge in [-0.15, -0.1) is 0 Å². The highest BCUT2D eigenvalue weighted by molar-refractivity contribution is 7.08. The molecule has 0 aliphatic heterocycles. The van der Waals surface area contributed by atoms with Crippen molar-refractivity contribution in [3.63, 3.8) is 0 Å². The minimum absolute atomic E-state index is 0.351. The molecule has 0 aliphatic rings. The van der Waals surface area contributed by atoms with E-state index >= 15 is 0 Å². The Labute approximate surface area is 108 Å². The van der Waals surface area contributed by atoms with Crippen LogP contribution in [0.2, 0.25) is 0 Å². The van der Waals surface area contributed by atoms with Crippen LogP contribution in [0.1, 0.15) is 16.7 Å². The van der Waals surface area contributed by atoms with Crippen LogP contribution in [0.5, 0.6) is 5.75 Å². The van der Waals surface area contributed by atoms with Crippen LogP contribution in [0.3, 0.4) is 0 Å². The molecule has 2 aromatic rings. The number of rotatable bonds is 4. The van der Waals surface area contributed by atoms with Crippen molar-refractivity contribution in [3.05, 3.63) is 51.2 Å². The van der Waals surface area contributed by atoms with Crippen LogP contribution >= 0.6 is 11.3 Å². The van der Waals surface area contributed by atoms with Crippen molar-refractivity contribution >= 4 is 11.3 Å². The number of nitrogens with one attached hydrogen (secondary N) is 1. The first-order valence-corrected chi connectivity index (χ1v) is 6.41. The molecule has 1 heterocycles. The smallest absolute Gasteiger partial charge is 0.187 e. The van der Waals surface area contributed by atoms with Gasteiger partial charge in [0.1, 0.15) is 0 Å². The summed E-state index contributed by atoms with van der Waals surface area (Å²) in [4.78, 5) is 0. The summed E-state index contributed by atoms with van der Waals surface area (Å²) in [6.45, 7) is 3.02. The van der Waals surface area contributed by atoms with Gasteiger partial charge in [0, 0.05) is 13.1 Å². The van der Waals surface area contributed by atoms with E-state index in [-0.39, 0.29) is 0 Å². The Bertz CT molecular complexity index is 531. The minimum Gasteiger partial charge on any atom is -0.503 e. The van der Waals surface area contributed by atoms with Gasteiger partial charge in [-0.25, -0.2) is 8.78 Å². The van der Waals surface area contributed by atoms with E-state index in [0.29, 0.717) is 18.7 Å². The maximum atomic E-state index is 13.1. The molecule has 0 saturated carbocycles. The van der Waals surface area contributed by atoms with Gasteiger partial charge in [-0.2, -0.15) is 11.3 Å². The van der Waals surface area contributed by atoms with Crippen LogP contribution in [0.25, 0.3) is 0 Å². The van der Waals surface area contributed by atoms with Crippen molar-refractivity contribution in [1.82, 2.24) is 5.32 Å². The van der Waals surface area contributed by atoms with E-state index in [2.05, 4.69) is 10.7 Å². The second-order valence-corrected chi connectivity index (χ2v) is 4.84. The summed E-state index contributed by atoms with van der Waals surface area (Å²) in [6.07, 6.45) is 0. The van der Waals surface area contributed by atoms with Gasteiger partial charge in [0.15, 0.2) is 17.4 Å². The highest BCUT2D eigenvalue weighted by Crippen LogP contribution is 2.21. The molecule has 0 aliphatic carbocycles. The molecule has 1 aromatic carbocycles. The first-order chi connectivity index (χ1) is 8.58. The van der Waals surface area contributed by atoms with Gasteiger partial charge >= 0.3 is 0 Å². The molecule has 0 radical (unpaired) electrons. The third-order valence-corrected chi connectivity index (χ3v) is 3.59. The predicted molar refractivity (Wildman–Crippen MR) is 67.6 cm³/mol. The van der Waals surface area contributed by atoms with Crippen molar-refractivity contribution in [1.29, 1.82) is 0 Å². The lowest BCUT2D eigenvalue weighted by Crippen LogP contribution is -2.13. The maximum Gasteiger partial charge on any atom is 0.187 e. The second-order valence-electron chi connectivity index (χ2n) is 4.09. The van der Waals surface area contributed by atoms with Crippen LogP contribution < -0.4 is 5.32 Å². The van der Waals surface area contributed by atoms with Crippen LogP contribution in [-0.2, 0) is 13.1 Å². The fraction of sp³-hybridized carbons (Fsp3) is 0.231. The van der Waals surface area contributed by atoms with E-state index in [1.807, 2.05) is 12.3 Å². The summed E-state index contributed by atoms with van der Waals surface area (Å²) in [6, 6.07) is 2.26. The first kappa shape index (κ1) is 13.0. The lowest BCUT2D eigenvalue weighted by Gasteiger charge is -2.06. The van der Waals surface area contributed by atoms with E-state index in [4.69, 9.17) is 5.11 Å². The van der Waals surface area contributed by atoms with E-state index < -0.39 is 17.4 Å². The molecule has 0 spiro atoms. The van der Waals surface area contributed by atoms with E-state index in [0.717, 1.165) is 12.1 Å². The van der Waals surface area contributed by atoms with Crippen molar-refractivity contribution < 1.29 is 13.9 Å². The van der Waals surface area contributed by atoms with Gasteiger partial charge in [-0.1, -0.05) is 0 Å². The SMILES string of the molecule is Cc1cscc1CNCc1cc(F)c(O)c(F)c1. The van der Waals surface area contributed by atoms with Gasteiger partial charge < -0.3 is 10.4 Å². The zero-order valence-corrected chi connectivity index (χ0v) is 10.7. The highest BCUT2D eigenvalue weighted by atomic mass is 32.1. The number of halogens is 2. The Morgan fingerprint density at radius 1 is 1.17 bits per heavy atom. The lowest BCUT2D eigenvalue weighted by atomic mass is 10.2. The number of benzene rings is 1. The largest absolute Gasteiger partial charge is 0.503 e. The van der Waals surface area contributed by atoms with Crippen LogP contribution in [0.15, 0.2) is 22.9 Å². The van der Waals surface area contributed by atoms with Crippen molar-refractivity contribution in [3.8, 4) is 5.75 Å². The average Bonchev–Trinajstić information content (AvgIpc) is 2.72. The van der Waals surface area contributed by atoms with Gasteiger partial charge in [0.05, 0.1) is 0 Å². The molecular formula is C13H13F2NOS. The summed E-state index contributed by atoms with van der Waals surface area (Å²) < 4.78 is 26.2. The Balaban J connectivity index is 1.97. The summed E-state index contributed by atoms with van der Waals surface area (Å²) in [7, 11) is 0. The summed E-state index contributed by atoms with van der Waals surface area (Å²) in [5, 5.41) is 16.2. The average molecular weight is 269 g/mol. The number of aromatic hydroxyl groups is 1. The van der Waals surface area contributed by atoms with E-state index in [9.17, 15) is 8.78 Å². The fourth-order valence-corrected chi connectivity index (χ4v) is 2.49. The molecule has 5 heteroatoms. The topological polar surface area (TPSA) is 32.3 Å². The fourth-order valence-electron chi connectivity index (χ4n) is 1.63. The summed E-state index contributed by atoms with van der Waals surface area (Å²) in [5.41, 5.74) is 2.85. The Morgan fingerprint density at radius 2 is 1.83 bits per heavy atom. The summed E-state index contributed by atoms with van der Waals surface area (Å²) >= 11 is 1.63. The molecule has 18 heavy (non-hydrogen) atoms. The highest BCUT2D eigenvalue weighted by Gasteiger charge is 2.09. The molecule has 2 nitrogen and oxygen atoms in total. The third kappa shape index (κ3) is 2.86. The molecule has 0 amide bonds. The van der Waals surface area contributed by atoms with Crippen molar-refractivity contribution in [2.75, 3.05) is 0 Å². The molecule has 0 atom stereocenters. The molecule has 96 valence electrons. The molecular weight excluding hydrogens is 256 g/mol. The van der Waals surface area contributed by atoms with Crippen LogP contribution in [0, 0.1) is 18.6 Å². The Kier molecular flexibility index (Phi) is 3.93.